The van der Waals surface area contributed by atoms with Gasteiger partial charge in [-0.1, -0.05) is 57.7 Å². The Labute approximate surface area is 219 Å². The lowest BCUT2D eigenvalue weighted by atomic mass is 9.74. The molecule has 36 heavy (non-hydrogen) atoms. The van der Waals surface area contributed by atoms with Crippen LogP contribution in [0.4, 0.5) is 11.4 Å². The highest BCUT2D eigenvalue weighted by Crippen LogP contribution is 2.35. The van der Waals surface area contributed by atoms with Crippen LogP contribution in [0.5, 0.6) is 0 Å². The summed E-state index contributed by atoms with van der Waals surface area (Å²) in [4.78, 5) is 29.0. The topological polar surface area (TPSA) is 49.9 Å². The Bertz CT molecular complexity index is 1220. The van der Waals surface area contributed by atoms with Gasteiger partial charge in [0.15, 0.2) is 5.69 Å². The van der Waals surface area contributed by atoms with E-state index in [0.717, 1.165) is 54.9 Å². The average molecular weight is 501 g/mol. The highest BCUT2D eigenvalue weighted by atomic mass is 32.1. The first-order valence-corrected chi connectivity index (χ1v) is 13.7. The number of ketones is 1. The largest absolute Gasteiger partial charge is 0.372 e. The first-order chi connectivity index (χ1) is 17.4. The van der Waals surface area contributed by atoms with Gasteiger partial charge in [0.25, 0.3) is 0 Å². The van der Waals surface area contributed by atoms with Crippen LogP contribution in [0.15, 0.2) is 58.9 Å². The summed E-state index contributed by atoms with van der Waals surface area (Å²) in [6, 6.07) is 16.0. The Morgan fingerprint density at radius 1 is 1.03 bits per heavy atom. The highest BCUT2D eigenvalue weighted by molar-refractivity contribution is 7.12. The van der Waals surface area contributed by atoms with Crippen molar-refractivity contribution < 1.29 is 4.79 Å². The molecule has 0 aliphatic rings. The molecule has 0 N–H and O–H groups in total. The third-order valence-electron chi connectivity index (χ3n) is 7.26. The van der Waals surface area contributed by atoms with Gasteiger partial charge in [-0.2, -0.15) is 0 Å². The molecule has 0 fully saturated rings. The zero-order valence-corrected chi connectivity index (χ0v) is 22.9. The molecule has 0 spiro atoms. The molecule has 0 unspecified atom stereocenters. The summed E-state index contributed by atoms with van der Waals surface area (Å²) in [6.07, 6.45) is 2.77. The number of carbonyl (C=O) groups is 1. The number of amidine groups is 1. The van der Waals surface area contributed by atoms with Crippen LogP contribution < -0.4 is 4.90 Å². The maximum Gasteiger partial charge on any atom is 0.306 e. The van der Waals surface area contributed by atoms with Crippen LogP contribution in [0.25, 0.3) is 16.1 Å². The predicted molar refractivity (Wildman–Crippen MR) is 152 cm³/mol. The normalized spacial score (nSPS) is 11.8. The molecule has 1 aromatic heterocycles. The zero-order chi connectivity index (χ0) is 26.1. The van der Waals surface area contributed by atoms with Gasteiger partial charge in [-0.15, -0.1) is 16.3 Å². The van der Waals surface area contributed by atoms with Crippen molar-refractivity contribution in [2.45, 2.75) is 60.3 Å². The third-order valence-corrected chi connectivity index (χ3v) is 8.10. The summed E-state index contributed by atoms with van der Waals surface area (Å²) < 4.78 is 0. The Morgan fingerprint density at radius 3 is 2.28 bits per heavy atom. The summed E-state index contributed by atoms with van der Waals surface area (Å²) in [6.45, 7) is 20.1. The van der Waals surface area contributed by atoms with Crippen LogP contribution in [-0.4, -0.2) is 29.7 Å². The summed E-state index contributed by atoms with van der Waals surface area (Å²) in [5.74, 6) is 0.493. The van der Waals surface area contributed by atoms with Gasteiger partial charge >= 0.3 is 5.84 Å². The SMILES string of the molecule is [C-]#[N+]C(=Nc1ccc(N(CC)CC)cc1CC(=O)C(CC)(CC)CC)c1nc(-c2ccccc2)cs1. The third kappa shape index (κ3) is 5.91. The maximum absolute atomic E-state index is 13.6. The molecule has 3 aromatic rings. The van der Waals surface area contributed by atoms with E-state index in [2.05, 4.69) is 55.4 Å². The Kier molecular flexibility index (Phi) is 9.55. The molecule has 2 aromatic carbocycles. The van der Waals surface area contributed by atoms with Crippen LogP contribution >= 0.6 is 11.3 Å². The van der Waals surface area contributed by atoms with E-state index in [1.165, 1.54) is 11.3 Å². The second-order valence-electron chi connectivity index (χ2n) is 8.88. The number of nitrogens with zero attached hydrogens (tertiary/aromatic N) is 4. The number of hydrogen-bond acceptors (Lipinski definition) is 5. The molecule has 1 heterocycles. The number of carbonyl (C=O) groups excluding carboxylic acids is 1. The monoisotopic (exact) mass is 500 g/mol. The molecule has 0 saturated carbocycles. The lowest BCUT2D eigenvalue weighted by molar-refractivity contribution is -0.128. The van der Waals surface area contributed by atoms with Crippen molar-refractivity contribution in [3.05, 3.63) is 75.9 Å². The van der Waals surface area contributed by atoms with Gasteiger partial charge in [0, 0.05) is 47.1 Å². The molecule has 6 heteroatoms. The van der Waals surface area contributed by atoms with Crippen molar-refractivity contribution in [3.63, 3.8) is 0 Å². The molecule has 3 rings (SSSR count). The fraction of sp³-hybridized carbons (Fsp3) is 0.400. The lowest BCUT2D eigenvalue weighted by Gasteiger charge is -2.29. The number of rotatable bonds is 12. The molecule has 0 aliphatic carbocycles. The van der Waals surface area contributed by atoms with Gasteiger partial charge in [0.05, 0.1) is 5.69 Å². The van der Waals surface area contributed by atoms with Gasteiger partial charge in [0.1, 0.15) is 10.8 Å². The number of aliphatic imine (C=N–C) groups is 1. The van der Waals surface area contributed by atoms with E-state index in [0.29, 0.717) is 17.1 Å². The van der Waals surface area contributed by atoms with Gasteiger partial charge in [-0.3, -0.25) is 4.79 Å². The van der Waals surface area contributed by atoms with E-state index in [9.17, 15) is 4.79 Å². The average Bonchev–Trinajstić information content (AvgIpc) is 3.41. The number of Topliss-reactive ketones (excluding diaryl/α,β-unsaturated/α-hetero) is 1. The zero-order valence-electron chi connectivity index (χ0n) is 22.0. The van der Waals surface area contributed by atoms with Crippen LogP contribution in [0.3, 0.4) is 0 Å². The Hall–Kier alpha value is -3.30. The van der Waals surface area contributed by atoms with Crippen LogP contribution in [0.1, 0.15) is 64.5 Å². The second-order valence-corrected chi connectivity index (χ2v) is 9.74. The number of hydrogen-bond donors (Lipinski definition) is 0. The van der Waals surface area contributed by atoms with Gasteiger partial charge in [0.2, 0.25) is 0 Å². The molecule has 0 bridgehead atoms. The lowest BCUT2D eigenvalue weighted by Crippen LogP contribution is -2.30. The number of benzene rings is 2. The molecule has 0 saturated heterocycles. The van der Waals surface area contributed by atoms with Crippen molar-refractivity contribution >= 4 is 34.3 Å². The Morgan fingerprint density at radius 2 is 1.69 bits per heavy atom. The minimum absolute atomic E-state index is 0.244. The molecule has 0 aliphatic heterocycles. The van der Waals surface area contributed by atoms with Crippen LogP contribution in [0.2, 0.25) is 0 Å². The molecule has 188 valence electrons. The molecule has 0 atom stereocenters. The highest BCUT2D eigenvalue weighted by Gasteiger charge is 2.33. The van der Waals surface area contributed by atoms with Crippen molar-refractivity contribution in [2.24, 2.45) is 10.4 Å². The summed E-state index contributed by atoms with van der Waals surface area (Å²) >= 11 is 1.42. The second kappa shape index (κ2) is 12.6. The summed E-state index contributed by atoms with van der Waals surface area (Å²) in [5.41, 5.74) is 4.12. The van der Waals surface area contributed by atoms with E-state index in [-0.39, 0.29) is 17.0 Å². The van der Waals surface area contributed by atoms with Crippen LogP contribution in [0, 0.1) is 12.0 Å². The molecular weight excluding hydrogens is 464 g/mol. The number of thiazole rings is 1. The van der Waals surface area contributed by atoms with Gasteiger partial charge in [-0.25, -0.2) is 4.98 Å². The molecule has 0 radical (unpaired) electrons. The van der Waals surface area contributed by atoms with E-state index in [4.69, 9.17) is 11.6 Å². The standard InChI is InChI=1S/C30H36N4OS/c1-7-30(8-2,9-3)27(35)20-23-19-24(34(10-4)11-5)17-18-25(23)32-28(31-6)29-33-26(21-36-29)22-15-13-12-14-16-22/h12-19,21H,7-11,20H2,1-5H3. The minimum Gasteiger partial charge on any atom is -0.372 e. The summed E-state index contributed by atoms with van der Waals surface area (Å²) in [5, 5.41) is 2.54. The molecule has 5 nitrogen and oxygen atoms in total. The number of aromatic nitrogens is 1. The summed E-state index contributed by atoms with van der Waals surface area (Å²) in [7, 11) is 0. The van der Waals surface area contributed by atoms with Crippen molar-refractivity contribution in [2.75, 3.05) is 18.0 Å². The first kappa shape index (κ1) is 27.3. The minimum atomic E-state index is -0.325. The fourth-order valence-electron chi connectivity index (χ4n) is 4.66. The van der Waals surface area contributed by atoms with E-state index >= 15 is 0 Å². The van der Waals surface area contributed by atoms with Gasteiger partial charge < -0.3 is 9.74 Å². The molecule has 0 amide bonds. The van der Waals surface area contributed by atoms with E-state index in [1.807, 2.05) is 47.8 Å². The Balaban J connectivity index is 2.05. The van der Waals surface area contributed by atoms with Crippen LogP contribution in [-0.2, 0) is 11.2 Å². The van der Waals surface area contributed by atoms with E-state index in [1.54, 1.807) is 0 Å². The predicted octanol–water partition coefficient (Wildman–Crippen LogP) is 7.98. The quantitative estimate of drug-likeness (QED) is 0.144. The molecular formula is C30H36N4OS. The van der Waals surface area contributed by atoms with E-state index < -0.39 is 0 Å². The first-order valence-electron chi connectivity index (χ1n) is 12.8. The van der Waals surface area contributed by atoms with Crippen molar-refractivity contribution in [1.82, 2.24) is 4.98 Å². The van der Waals surface area contributed by atoms with Crippen molar-refractivity contribution in [3.8, 4) is 11.3 Å². The smallest absolute Gasteiger partial charge is 0.306 e. The maximum atomic E-state index is 13.6. The van der Waals surface area contributed by atoms with Gasteiger partial charge in [-0.05, 0) is 51.3 Å². The van der Waals surface area contributed by atoms with Crippen molar-refractivity contribution in [1.29, 1.82) is 0 Å². The fourth-order valence-corrected chi connectivity index (χ4v) is 5.42. The number of anilines is 1.